The Morgan fingerprint density at radius 2 is 2.00 bits per heavy atom. The van der Waals surface area contributed by atoms with Gasteiger partial charge in [0.1, 0.15) is 10.8 Å². The number of carbonyl (C=O) groups excluding carboxylic acids is 2. The van der Waals surface area contributed by atoms with E-state index >= 15 is 0 Å². The van der Waals surface area contributed by atoms with Gasteiger partial charge < -0.3 is 15.0 Å². The van der Waals surface area contributed by atoms with Crippen LogP contribution < -0.4 is 10.1 Å². The van der Waals surface area contributed by atoms with E-state index in [1.54, 1.807) is 0 Å². The van der Waals surface area contributed by atoms with Crippen LogP contribution in [-0.4, -0.2) is 46.1 Å². The van der Waals surface area contributed by atoms with Gasteiger partial charge in [0.15, 0.2) is 0 Å². The van der Waals surface area contributed by atoms with Crippen LogP contribution in [0.1, 0.15) is 43.5 Å². The summed E-state index contributed by atoms with van der Waals surface area (Å²) in [6.45, 7) is 1.13. The third kappa shape index (κ3) is 5.12. The average Bonchev–Trinajstić information content (AvgIpc) is 3.47. The predicted octanol–water partition coefficient (Wildman–Crippen LogP) is 3.28. The van der Waals surface area contributed by atoms with Gasteiger partial charge in [-0.15, -0.1) is 10.2 Å². The van der Waals surface area contributed by atoms with Crippen molar-refractivity contribution in [2.45, 2.75) is 51.0 Å². The molecular weight excluding hydrogens is 388 g/mol. The van der Waals surface area contributed by atoms with Crippen LogP contribution in [0.25, 0.3) is 0 Å². The molecule has 154 valence electrons. The van der Waals surface area contributed by atoms with Crippen LogP contribution in [0.3, 0.4) is 0 Å². The van der Waals surface area contributed by atoms with Crippen molar-refractivity contribution in [2.75, 3.05) is 18.5 Å². The van der Waals surface area contributed by atoms with E-state index in [2.05, 4.69) is 15.5 Å². The molecule has 2 fully saturated rings. The molecule has 0 bridgehead atoms. The van der Waals surface area contributed by atoms with E-state index in [1.165, 1.54) is 24.2 Å². The van der Waals surface area contributed by atoms with E-state index in [4.69, 9.17) is 4.74 Å². The smallest absolute Gasteiger partial charge is 0.231 e. The molecule has 1 aliphatic heterocycles. The van der Waals surface area contributed by atoms with Crippen LogP contribution >= 0.6 is 11.3 Å². The van der Waals surface area contributed by atoms with Gasteiger partial charge in [0.05, 0.1) is 12.5 Å². The standard InChI is InChI=1S/C21H26N4O3S/c26-19-13-15(14-25(19)16-7-4-5-8-16)20(27)22-21-24-23-18(29-21)11-6-12-28-17-9-2-1-3-10-17/h1-3,9-10,15-16H,4-8,11-14H2,(H,22,24,27)/t15-/m1/s1. The number of nitrogens with one attached hydrogen (secondary N) is 1. The third-order valence-electron chi connectivity index (χ3n) is 5.54. The maximum Gasteiger partial charge on any atom is 0.231 e. The second kappa shape index (κ2) is 9.35. The first-order valence-corrected chi connectivity index (χ1v) is 11.1. The van der Waals surface area contributed by atoms with Crippen LogP contribution in [-0.2, 0) is 16.0 Å². The maximum atomic E-state index is 12.6. The number of hydrogen-bond acceptors (Lipinski definition) is 6. The van der Waals surface area contributed by atoms with Crippen molar-refractivity contribution in [3.8, 4) is 5.75 Å². The summed E-state index contributed by atoms with van der Waals surface area (Å²) in [5.74, 6) is 0.535. The van der Waals surface area contributed by atoms with Crippen molar-refractivity contribution >= 4 is 28.3 Å². The zero-order valence-electron chi connectivity index (χ0n) is 16.4. The quantitative estimate of drug-likeness (QED) is 0.670. The summed E-state index contributed by atoms with van der Waals surface area (Å²) in [6, 6.07) is 10.0. The SMILES string of the molecule is O=C(Nc1nnc(CCCOc2ccccc2)s1)[C@@H]1CC(=O)N(C2CCCC2)C1. The summed E-state index contributed by atoms with van der Waals surface area (Å²) in [6.07, 6.45) is 6.35. The van der Waals surface area contributed by atoms with Gasteiger partial charge in [0.25, 0.3) is 0 Å². The minimum atomic E-state index is -0.297. The highest BCUT2D eigenvalue weighted by Gasteiger charge is 2.38. The Bertz CT molecular complexity index is 835. The molecule has 2 heterocycles. The van der Waals surface area contributed by atoms with E-state index in [0.717, 1.165) is 36.4 Å². The van der Waals surface area contributed by atoms with Crippen molar-refractivity contribution in [3.05, 3.63) is 35.3 Å². The van der Waals surface area contributed by atoms with Gasteiger partial charge in [0, 0.05) is 25.4 Å². The number of aromatic nitrogens is 2. The number of hydrogen-bond donors (Lipinski definition) is 1. The van der Waals surface area contributed by atoms with Crippen LogP contribution in [0, 0.1) is 5.92 Å². The largest absolute Gasteiger partial charge is 0.494 e. The highest BCUT2D eigenvalue weighted by Crippen LogP contribution is 2.30. The molecule has 2 aliphatic rings. The molecule has 4 rings (SSSR count). The van der Waals surface area contributed by atoms with E-state index in [-0.39, 0.29) is 17.7 Å². The van der Waals surface area contributed by atoms with Crippen molar-refractivity contribution in [2.24, 2.45) is 5.92 Å². The van der Waals surface area contributed by atoms with Gasteiger partial charge in [0.2, 0.25) is 16.9 Å². The summed E-state index contributed by atoms with van der Waals surface area (Å²) >= 11 is 1.38. The summed E-state index contributed by atoms with van der Waals surface area (Å²) in [5, 5.41) is 12.4. The molecule has 1 aromatic carbocycles. The van der Waals surface area contributed by atoms with Crippen molar-refractivity contribution in [1.82, 2.24) is 15.1 Å². The van der Waals surface area contributed by atoms with Crippen molar-refractivity contribution in [3.63, 3.8) is 0 Å². The first-order chi connectivity index (χ1) is 14.2. The first kappa shape index (κ1) is 19.8. The van der Waals surface area contributed by atoms with Gasteiger partial charge in [-0.3, -0.25) is 9.59 Å². The maximum absolute atomic E-state index is 12.6. The van der Waals surface area contributed by atoms with Gasteiger partial charge in [-0.2, -0.15) is 0 Å². The van der Waals surface area contributed by atoms with E-state index in [9.17, 15) is 9.59 Å². The van der Waals surface area contributed by atoms with Crippen LogP contribution in [0.15, 0.2) is 30.3 Å². The molecule has 0 spiro atoms. The van der Waals surface area contributed by atoms with Crippen LogP contribution in [0.4, 0.5) is 5.13 Å². The molecular formula is C21H26N4O3S. The topological polar surface area (TPSA) is 84.4 Å². The minimum Gasteiger partial charge on any atom is -0.494 e. The zero-order chi connectivity index (χ0) is 20.1. The van der Waals surface area contributed by atoms with E-state index < -0.39 is 0 Å². The average molecular weight is 415 g/mol. The highest BCUT2D eigenvalue weighted by molar-refractivity contribution is 7.15. The predicted molar refractivity (Wildman–Crippen MR) is 111 cm³/mol. The lowest BCUT2D eigenvalue weighted by Crippen LogP contribution is -2.35. The molecule has 0 unspecified atom stereocenters. The molecule has 7 nitrogen and oxygen atoms in total. The van der Waals surface area contributed by atoms with Gasteiger partial charge in [-0.05, 0) is 31.4 Å². The number of ether oxygens (including phenoxy) is 1. The van der Waals surface area contributed by atoms with Crippen LogP contribution in [0.2, 0.25) is 0 Å². The zero-order valence-corrected chi connectivity index (χ0v) is 17.2. The van der Waals surface area contributed by atoms with Crippen molar-refractivity contribution < 1.29 is 14.3 Å². The van der Waals surface area contributed by atoms with Crippen LogP contribution in [0.5, 0.6) is 5.75 Å². The third-order valence-corrected chi connectivity index (χ3v) is 6.44. The summed E-state index contributed by atoms with van der Waals surface area (Å²) in [7, 11) is 0. The Morgan fingerprint density at radius 3 is 2.79 bits per heavy atom. The Morgan fingerprint density at radius 1 is 1.21 bits per heavy atom. The Kier molecular flexibility index (Phi) is 6.39. The number of anilines is 1. The lowest BCUT2D eigenvalue weighted by molar-refractivity contribution is -0.129. The molecule has 1 atom stereocenters. The molecule has 1 aliphatic carbocycles. The fourth-order valence-electron chi connectivity index (χ4n) is 4.02. The second-order valence-electron chi connectivity index (χ2n) is 7.64. The minimum absolute atomic E-state index is 0.105. The van der Waals surface area contributed by atoms with Gasteiger partial charge in [-0.25, -0.2) is 0 Å². The second-order valence-corrected chi connectivity index (χ2v) is 8.70. The molecule has 0 radical (unpaired) electrons. The number of amides is 2. The number of para-hydroxylation sites is 1. The monoisotopic (exact) mass is 414 g/mol. The molecule has 1 saturated heterocycles. The summed E-state index contributed by atoms with van der Waals surface area (Å²) in [5.41, 5.74) is 0. The lowest BCUT2D eigenvalue weighted by atomic mass is 10.1. The number of rotatable bonds is 8. The highest BCUT2D eigenvalue weighted by atomic mass is 32.1. The number of carbonyl (C=O) groups is 2. The molecule has 1 N–H and O–H groups in total. The number of nitrogens with zero attached hydrogens (tertiary/aromatic N) is 3. The molecule has 2 amide bonds. The van der Waals surface area contributed by atoms with Gasteiger partial charge in [-0.1, -0.05) is 42.4 Å². The Balaban J connectivity index is 1.21. The number of benzene rings is 1. The molecule has 1 aromatic heterocycles. The first-order valence-electron chi connectivity index (χ1n) is 10.3. The number of aryl methyl sites for hydroxylation is 1. The van der Waals surface area contributed by atoms with E-state index in [0.29, 0.717) is 30.7 Å². The summed E-state index contributed by atoms with van der Waals surface area (Å²) in [4.78, 5) is 26.8. The summed E-state index contributed by atoms with van der Waals surface area (Å²) < 4.78 is 5.68. The molecule has 8 heteroatoms. The molecule has 2 aromatic rings. The Labute approximate surface area is 174 Å². The fourth-order valence-corrected chi connectivity index (χ4v) is 4.80. The molecule has 1 saturated carbocycles. The lowest BCUT2D eigenvalue weighted by Gasteiger charge is -2.23. The Hall–Kier alpha value is -2.48. The van der Waals surface area contributed by atoms with Gasteiger partial charge >= 0.3 is 0 Å². The van der Waals surface area contributed by atoms with E-state index in [1.807, 2.05) is 35.2 Å². The normalized spacial score (nSPS) is 19.7. The van der Waals surface area contributed by atoms with Crippen molar-refractivity contribution in [1.29, 1.82) is 0 Å². The molecule has 29 heavy (non-hydrogen) atoms. The fraction of sp³-hybridized carbons (Fsp3) is 0.524. The number of likely N-dealkylation sites (tertiary alicyclic amines) is 1.